The Labute approximate surface area is 242 Å². The van der Waals surface area contributed by atoms with Gasteiger partial charge in [-0.1, -0.05) is 72.3 Å². The Kier molecular flexibility index (Phi) is 5.84. The van der Waals surface area contributed by atoms with Crippen LogP contribution in [0.25, 0.3) is 6.08 Å². The van der Waals surface area contributed by atoms with Crippen LogP contribution in [0.4, 0.5) is 11.4 Å². The number of ether oxygens (including phenoxy) is 1. The first-order valence-corrected chi connectivity index (χ1v) is 13.8. The summed E-state index contributed by atoms with van der Waals surface area (Å²) in [4.78, 5) is 45.8. The van der Waals surface area contributed by atoms with Crippen LogP contribution in [-0.2, 0) is 10.2 Å². The van der Waals surface area contributed by atoms with Gasteiger partial charge in [0.25, 0.3) is 0 Å². The van der Waals surface area contributed by atoms with Crippen LogP contribution >= 0.6 is 11.6 Å². The Morgan fingerprint density at radius 1 is 0.878 bits per heavy atom. The molecule has 202 valence electrons. The fraction of sp³-hybridized carbons (Fsp3) is 0.147. The molecule has 0 saturated carbocycles. The maximum Gasteiger partial charge on any atom is 0.238 e. The van der Waals surface area contributed by atoms with E-state index in [1.54, 1.807) is 55.6 Å². The van der Waals surface area contributed by atoms with E-state index in [2.05, 4.69) is 5.32 Å². The van der Waals surface area contributed by atoms with Gasteiger partial charge in [0, 0.05) is 22.5 Å². The van der Waals surface area contributed by atoms with Gasteiger partial charge in [-0.25, -0.2) is 0 Å². The summed E-state index contributed by atoms with van der Waals surface area (Å²) in [6, 6.07) is 27.2. The molecule has 0 unspecified atom stereocenters. The third-order valence-electron chi connectivity index (χ3n) is 8.61. The van der Waals surface area contributed by atoms with E-state index in [9.17, 15) is 14.4 Å². The summed E-state index contributed by atoms with van der Waals surface area (Å²) < 4.78 is 5.32. The Bertz CT molecular complexity index is 1760. The molecule has 0 radical (unpaired) electrons. The van der Waals surface area contributed by atoms with Crippen LogP contribution in [0.2, 0.25) is 5.02 Å². The van der Waals surface area contributed by atoms with Crippen LogP contribution in [0.1, 0.15) is 31.8 Å². The van der Waals surface area contributed by atoms with Crippen molar-refractivity contribution in [2.75, 3.05) is 17.3 Å². The molecule has 1 amide bonds. The fourth-order valence-corrected chi connectivity index (χ4v) is 7.10. The fourth-order valence-electron chi connectivity index (χ4n) is 6.87. The van der Waals surface area contributed by atoms with Gasteiger partial charge in [-0.3, -0.25) is 14.4 Å². The minimum atomic E-state index is -1.38. The van der Waals surface area contributed by atoms with Crippen molar-refractivity contribution in [1.29, 1.82) is 0 Å². The SMILES string of the molecule is COc1ccc(C(=O)[C@@H]2[C@H](C(=O)c3ccccc3Cl)N3c4ccccc4C=C[C@@H]3[C@@]23C(=O)Nc2ccccc23)cc1. The number of hydrogen-bond donors (Lipinski definition) is 1. The second-order valence-electron chi connectivity index (χ2n) is 10.5. The third-order valence-corrected chi connectivity index (χ3v) is 8.94. The molecule has 0 bridgehead atoms. The summed E-state index contributed by atoms with van der Waals surface area (Å²) in [5.41, 5.74) is 2.35. The van der Waals surface area contributed by atoms with Crippen LogP contribution in [0, 0.1) is 5.92 Å². The van der Waals surface area contributed by atoms with Crippen molar-refractivity contribution in [3.05, 3.63) is 130 Å². The Morgan fingerprint density at radius 2 is 1.59 bits per heavy atom. The van der Waals surface area contributed by atoms with Crippen molar-refractivity contribution in [1.82, 2.24) is 0 Å². The number of fused-ring (bicyclic) bond motifs is 6. The zero-order valence-electron chi connectivity index (χ0n) is 22.1. The lowest BCUT2D eigenvalue weighted by Gasteiger charge is -2.37. The van der Waals surface area contributed by atoms with E-state index in [1.165, 1.54) is 0 Å². The number of methoxy groups -OCH3 is 1. The molecule has 3 heterocycles. The quantitative estimate of drug-likeness (QED) is 0.294. The summed E-state index contributed by atoms with van der Waals surface area (Å²) >= 11 is 6.58. The molecular formula is C34H25ClN2O4. The Morgan fingerprint density at radius 3 is 2.37 bits per heavy atom. The van der Waals surface area contributed by atoms with Crippen LogP contribution in [0.15, 0.2) is 103 Å². The number of Topliss-reactive ketones (excluding diaryl/α,β-unsaturated/α-hetero) is 2. The zero-order valence-corrected chi connectivity index (χ0v) is 22.8. The average molecular weight is 561 g/mol. The highest BCUT2D eigenvalue weighted by atomic mass is 35.5. The van der Waals surface area contributed by atoms with Crippen LogP contribution < -0.4 is 15.0 Å². The van der Waals surface area contributed by atoms with E-state index >= 15 is 0 Å². The number of ketones is 2. The smallest absolute Gasteiger partial charge is 0.238 e. The van der Waals surface area contributed by atoms with Crippen LogP contribution in [0.5, 0.6) is 5.75 Å². The van der Waals surface area contributed by atoms with E-state index in [1.807, 2.05) is 65.6 Å². The highest BCUT2D eigenvalue weighted by Crippen LogP contribution is 2.58. The molecule has 7 heteroatoms. The monoisotopic (exact) mass is 560 g/mol. The van der Waals surface area contributed by atoms with E-state index in [0.717, 1.165) is 11.3 Å². The largest absolute Gasteiger partial charge is 0.497 e. The topological polar surface area (TPSA) is 75.7 Å². The second-order valence-corrected chi connectivity index (χ2v) is 10.9. The molecule has 4 aromatic rings. The first-order chi connectivity index (χ1) is 20.0. The number of anilines is 2. The van der Waals surface area contributed by atoms with Crippen molar-refractivity contribution in [3.8, 4) is 5.75 Å². The predicted molar refractivity (Wildman–Crippen MR) is 159 cm³/mol. The van der Waals surface area contributed by atoms with E-state index in [-0.39, 0.29) is 17.5 Å². The Hall–Kier alpha value is -4.68. The minimum Gasteiger partial charge on any atom is -0.497 e. The molecule has 1 saturated heterocycles. The number of hydrogen-bond acceptors (Lipinski definition) is 5. The summed E-state index contributed by atoms with van der Waals surface area (Å²) in [5.74, 6) is -1.38. The molecule has 3 aliphatic rings. The van der Waals surface area contributed by atoms with Gasteiger partial charge >= 0.3 is 0 Å². The number of carbonyl (C=O) groups excluding carboxylic acids is 3. The molecule has 1 N–H and O–H groups in total. The minimum absolute atomic E-state index is 0.294. The lowest BCUT2D eigenvalue weighted by molar-refractivity contribution is -0.121. The van der Waals surface area contributed by atoms with Crippen molar-refractivity contribution in [3.63, 3.8) is 0 Å². The third kappa shape index (κ3) is 3.54. The molecule has 0 aliphatic carbocycles. The van der Waals surface area contributed by atoms with Gasteiger partial charge in [-0.15, -0.1) is 0 Å². The van der Waals surface area contributed by atoms with Crippen molar-refractivity contribution >= 4 is 46.5 Å². The standard InChI is InChI=1S/C34H25ClN2O4/c1-41-22-17-14-21(15-18-22)31(38)29-30(32(39)23-9-3-5-11-25(23)35)37-27-13-7-2-8-20(27)16-19-28(37)34(29)24-10-4-6-12-26(24)36-33(34)40/h2-19,28-30H,1H3,(H,36,40)/t28-,29+,30-,34-/m1/s1. The van der Waals surface area contributed by atoms with E-state index in [0.29, 0.717) is 33.1 Å². The summed E-state index contributed by atoms with van der Waals surface area (Å²) in [6.07, 6.45) is 3.93. The number of rotatable bonds is 5. The first-order valence-electron chi connectivity index (χ1n) is 13.4. The highest BCUT2D eigenvalue weighted by molar-refractivity contribution is 6.34. The summed E-state index contributed by atoms with van der Waals surface area (Å²) in [7, 11) is 1.56. The number of benzene rings is 4. The zero-order chi connectivity index (χ0) is 28.3. The first kappa shape index (κ1) is 25.3. The molecule has 0 aromatic heterocycles. The van der Waals surface area contributed by atoms with Crippen molar-refractivity contribution in [2.24, 2.45) is 5.92 Å². The molecule has 4 aromatic carbocycles. The normalized spacial score (nSPS) is 23.5. The van der Waals surface area contributed by atoms with Crippen molar-refractivity contribution < 1.29 is 19.1 Å². The molecule has 7 rings (SSSR count). The molecule has 1 spiro atoms. The summed E-state index contributed by atoms with van der Waals surface area (Å²) in [5, 5.41) is 3.34. The molecule has 1 fully saturated rings. The molecular weight excluding hydrogens is 536 g/mol. The molecule has 3 aliphatic heterocycles. The number of amides is 1. The maximum atomic E-state index is 14.8. The molecule has 4 atom stereocenters. The number of nitrogens with one attached hydrogen (secondary N) is 1. The van der Waals surface area contributed by atoms with Crippen LogP contribution in [-0.4, -0.2) is 36.7 Å². The highest BCUT2D eigenvalue weighted by Gasteiger charge is 2.70. The molecule has 41 heavy (non-hydrogen) atoms. The van der Waals surface area contributed by atoms with E-state index in [4.69, 9.17) is 16.3 Å². The van der Waals surface area contributed by atoms with E-state index < -0.39 is 23.4 Å². The lowest BCUT2D eigenvalue weighted by atomic mass is 9.64. The number of para-hydroxylation sites is 2. The second kappa shape index (κ2) is 9.46. The van der Waals surface area contributed by atoms with Gasteiger partial charge in [0.2, 0.25) is 5.91 Å². The number of nitrogens with zero attached hydrogens (tertiary/aromatic N) is 1. The van der Waals surface area contributed by atoms with Gasteiger partial charge in [-0.05, 0) is 59.7 Å². The van der Waals surface area contributed by atoms with Gasteiger partial charge in [0.05, 0.1) is 24.1 Å². The average Bonchev–Trinajstić information content (AvgIpc) is 3.49. The predicted octanol–water partition coefficient (Wildman–Crippen LogP) is 6.20. The maximum absolute atomic E-state index is 14.8. The number of carbonyl (C=O) groups is 3. The summed E-state index contributed by atoms with van der Waals surface area (Å²) in [6.45, 7) is 0. The molecule has 6 nitrogen and oxygen atoms in total. The van der Waals surface area contributed by atoms with Crippen LogP contribution in [0.3, 0.4) is 0 Å². The van der Waals surface area contributed by atoms with Gasteiger partial charge < -0.3 is 15.0 Å². The van der Waals surface area contributed by atoms with Gasteiger partial charge in [0.15, 0.2) is 11.6 Å². The van der Waals surface area contributed by atoms with Gasteiger partial charge in [-0.2, -0.15) is 0 Å². The Balaban J connectivity index is 1.53. The van der Waals surface area contributed by atoms with Gasteiger partial charge in [0.1, 0.15) is 17.2 Å². The van der Waals surface area contributed by atoms with Crippen molar-refractivity contribution in [2.45, 2.75) is 17.5 Å². The number of halogens is 1. The lowest BCUT2D eigenvalue weighted by Crippen LogP contribution is -2.51.